The van der Waals surface area contributed by atoms with Crippen LogP contribution in [0.2, 0.25) is 0 Å². The smallest absolute Gasteiger partial charge is 0.410 e. The maximum atomic E-state index is 13.9. The molecule has 2 saturated heterocycles. The molecule has 7 rings (SSSR count). The number of piperazine rings is 1. The van der Waals surface area contributed by atoms with Crippen molar-refractivity contribution in [2.45, 2.75) is 111 Å². The van der Waals surface area contributed by atoms with Crippen LogP contribution in [0.15, 0.2) is 48.7 Å². The number of anilines is 1. The Kier molecular flexibility index (Phi) is 12.4. The van der Waals surface area contributed by atoms with E-state index in [4.69, 9.17) is 14.5 Å². The lowest BCUT2D eigenvalue weighted by Crippen LogP contribution is -2.49. The molecule has 310 valence electrons. The van der Waals surface area contributed by atoms with Gasteiger partial charge in [-0.25, -0.2) is 14.5 Å². The Labute approximate surface area is 342 Å². The molecule has 3 N–H and O–H groups in total. The lowest BCUT2D eigenvalue weighted by Gasteiger charge is -2.35. The van der Waals surface area contributed by atoms with E-state index < -0.39 is 11.0 Å². The zero-order valence-electron chi connectivity index (χ0n) is 35.1. The van der Waals surface area contributed by atoms with Crippen LogP contribution in [-0.2, 0) is 51.7 Å². The molecule has 0 radical (unpaired) electrons. The second kappa shape index (κ2) is 17.5. The van der Waals surface area contributed by atoms with Gasteiger partial charge in [0, 0.05) is 82.9 Å². The monoisotopic (exact) mass is 792 g/mol. The summed E-state index contributed by atoms with van der Waals surface area (Å²) in [5, 5.41) is 15.6. The number of carbonyl (C=O) groups excluding carboxylic acids is 3. The molecule has 3 amide bonds. The molecule has 1 saturated carbocycles. The number of nitrogens with zero attached hydrogens (tertiary/aromatic N) is 5. The van der Waals surface area contributed by atoms with Gasteiger partial charge in [0.25, 0.3) is 0 Å². The minimum atomic E-state index is -1.08. The maximum absolute atomic E-state index is 13.9. The van der Waals surface area contributed by atoms with Crippen LogP contribution in [0.1, 0.15) is 88.2 Å². The number of fused-ring (bicyclic) bond motifs is 1. The van der Waals surface area contributed by atoms with E-state index in [-0.39, 0.29) is 30.5 Å². The molecular weight excluding hydrogens is 733 g/mol. The largest absolute Gasteiger partial charge is 0.444 e. The Morgan fingerprint density at radius 3 is 2.33 bits per heavy atom. The first kappa shape index (κ1) is 41.2. The molecule has 13 nitrogen and oxygen atoms in total. The van der Waals surface area contributed by atoms with Gasteiger partial charge >= 0.3 is 6.09 Å². The van der Waals surface area contributed by atoms with Crippen LogP contribution in [0, 0.1) is 12.3 Å². The average molecular weight is 793 g/mol. The van der Waals surface area contributed by atoms with Gasteiger partial charge in [0.05, 0.1) is 17.3 Å². The van der Waals surface area contributed by atoms with Gasteiger partial charge in [-0.2, -0.15) is 5.10 Å². The van der Waals surface area contributed by atoms with Crippen molar-refractivity contribution in [3.05, 3.63) is 76.6 Å². The molecule has 2 aliphatic heterocycles. The van der Waals surface area contributed by atoms with Gasteiger partial charge in [-0.15, -0.1) is 0 Å². The lowest BCUT2D eigenvalue weighted by molar-refractivity contribution is -0.137. The average Bonchev–Trinajstić information content (AvgIpc) is 3.93. The van der Waals surface area contributed by atoms with Crippen molar-refractivity contribution in [1.82, 2.24) is 35.2 Å². The van der Waals surface area contributed by atoms with Crippen LogP contribution in [0.3, 0.4) is 0 Å². The summed E-state index contributed by atoms with van der Waals surface area (Å²) in [5.74, 6) is -0.490. The Bertz CT molecular complexity index is 2120. The number of rotatable bonds is 13. The summed E-state index contributed by atoms with van der Waals surface area (Å²) in [6.07, 6.45) is 5.13. The fraction of sp³-hybridized carbons (Fsp3) is 0.533. The van der Waals surface area contributed by atoms with Gasteiger partial charge in [-0.1, -0.05) is 37.3 Å². The third-order valence-electron chi connectivity index (χ3n) is 11.6. The predicted molar refractivity (Wildman–Crippen MR) is 225 cm³/mol. The highest BCUT2D eigenvalue weighted by molar-refractivity contribution is 6.08. The molecule has 58 heavy (non-hydrogen) atoms. The second-order valence-corrected chi connectivity index (χ2v) is 17.0. The number of benzene rings is 2. The summed E-state index contributed by atoms with van der Waals surface area (Å²) < 4.78 is 13.1. The van der Waals surface area contributed by atoms with Gasteiger partial charge in [-0.3, -0.25) is 14.5 Å². The quantitative estimate of drug-likeness (QED) is 0.132. The Morgan fingerprint density at radius 1 is 0.931 bits per heavy atom. The van der Waals surface area contributed by atoms with E-state index in [0.717, 1.165) is 82.7 Å². The van der Waals surface area contributed by atoms with E-state index in [1.807, 2.05) is 37.7 Å². The SMILES string of the molecule is CCc1nc2c(cnn2CC)c(NC2CCOCC2)c1CNC(=O)C1(C(=O)NCc2ccc(C)c(-c3cccc(CN4CCN(C(=O)OC(C)(C)C)CC4)c3)c2)CC1. The summed E-state index contributed by atoms with van der Waals surface area (Å²) in [4.78, 5) is 49.3. The maximum Gasteiger partial charge on any atom is 0.410 e. The van der Waals surface area contributed by atoms with Crippen molar-refractivity contribution >= 4 is 34.6 Å². The molecule has 4 aromatic rings. The summed E-state index contributed by atoms with van der Waals surface area (Å²) >= 11 is 0. The normalized spacial score (nSPS) is 17.2. The molecule has 3 fully saturated rings. The summed E-state index contributed by atoms with van der Waals surface area (Å²) in [6, 6.07) is 15.1. The Hall–Kier alpha value is -5.01. The topological polar surface area (TPSA) is 143 Å². The number of nitrogens with one attached hydrogen (secondary N) is 3. The van der Waals surface area contributed by atoms with Crippen LogP contribution in [0.4, 0.5) is 10.5 Å². The van der Waals surface area contributed by atoms with Crippen LogP contribution < -0.4 is 16.0 Å². The first-order valence-electron chi connectivity index (χ1n) is 21.0. The fourth-order valence-corrected chi connectivity index (χ4v) is 8.07. The third-order valence-corrected chi connectivity index (χ3v) is 11.6. The van der Waals surface area contributed by atoms with Crippen molar-refractivity contribution in [1.29, 1.82) is 0 Å². The molecule has 0 unspecified atom stereocenters. The Morgan fingerprint density at radius 2 is 1.66 bits per heavy atom. The molecule has 1 aliphatic carbocycles. The number of aryl methyl sites for hydroxylation is 3. The van der Waals surface area contributed by atoms with E-state index >= 15 is 0 Å². The second-order valence-electron chi connectivity index (χ2n) is 17.0. The number of hydrogen-bond acceptors (Lipinski definition) is 9. The number of hydrogen-bond donors (Lipinski definition) is 3. The summed E-state index contributed by atoms with van der Waals surface area (Å²) in [5.41, 5.74) is 7.59. The third kappa shape index (κ3) is 9.31. The fourth-order valence-electron chi connectivity index (χ4n) is 8.07. The van der Waals surface area contributed by atoms with E-state index in [0.29, 0.717) is 58.7 Å². The van der Waals surface area contributed by atoms with Crippen molar-refractivity contribution in [2.75, 3.05) is 44.7 Å². The molecule has 3 aliphatic rings. The Balaban J connectivity index is 0.979. The number of ether oxygens (including phenoxy) is 2. The van der Waals surface area contributed by atoms with Crippen LogP contribution in [-0.4, -0.2) is 93.5 Å². The minimum absolute atomic E-state index is 0.241. The van der Waals surface area contributed by atoms with Gasteiger partial charge in [0.15, 0.2) is 5.65 Å². The molecule has 4 heterocycles. The standard InChI is InChI=1S/C45H60N8O5/c1-7-38-36(39(49-34-14-22-57-23-15-34)37-28-48-53(8-2)40(37)50-38)27-47-42(55)45(16-17-45)41(54)46-26-31-13-12-30(3)35(25-31)33-11-9-10-32(24-33)29-51-18-20-52(21-19-51)43(56)58-44(4,5)6/h9-13,24-25,28,34H,7-8,14-23,26-27,29H2,1-6H3,(H,46,54)(H,47,55)(H,49,50). The molecule has 2 aromatic carbocycles. The lowest BCUT2D eigenvalue weighted by atomic mass is 9.96. The highest BCUT2D eigenvalue weighted by Crippen LogP contribution is 2.46. The highest BCUT2D eigenvalue weighted by atomic mass is 16.6. The molecule has 0 spiro atoms. The van der Waals surface area contributed by atoms with Crippen molar-refractivity contribution in [2.24, 2.45) is 5.41 Å². The van der Waals surface area contributed by atoms with Gasteiger partial charge in [-0.05, 0) is 107 Å². The first-order chi connectivity index (χ1) is 27.9. The predicted octanol–water partition coefficient (Wildman–Crippen LogP) is 6.35. The number of carbonyl (C=O) groups is 3. The van der Waals surface area contributed by atoms with Crippen molar-refractivity contribution in [3.8, 4) is 11.1 Å². The van der Waals surface area contributed by atoms with Crippen LogP contribution in [0.5, 0.6) is 0 Å². The summed E-state index contributed by atoms with van der Waals surface area (Å²) in [7, 11) is 0. The molecule has 0 bridgehead atoms. The number of amides is 3. The van der Waals surface area contributed by atoms with E-state index in [1.165, 1.54) is 5.56 Å². The molecule has 0 atom stereocenters. The van der Waals surface area contributed by atoms with Crippen molar-refractivity contribution < 1.29 is 23.9 Å². The van der Waals surface area contributed by atoms with Gasteiger partial charge in [0.1, 0.15) is 11.0 Å². The highest BCUT2D eigenvalue weighted by Gasteiger charge is 2.56. The molecular formula is C45H60N8O5. The minimum Gasteiger partial charge on any atom is -0.444 e. The van der Waals surface area contributed by atoms with E-state index in [2.05, 4.69) is 83.1 Å². The molecule has 13 heteroatoms. The van der Waals surface area contributed by atoms with Crippen LogP contribution >= 0.6 is 0 Å². The van der Waals surface area contributed by atoms with E-state index in [1.54, 1.807) is 4.90 Å². The van der Waals surface area contributed by atoms with Crippen molar-refractivity contribution in [3.63, 3.8) is 0 Å². The molecule has 2 aromatic heterocycles. The first-order valence-corrected chi connectivity index (χ1v) is 21.0. The summed E-state index contributed by atoms with van der Waals surface area (Å²) in [6.45, 7) is 18.2. The van der Waals surface area contributed by atoms with Gasteiger partial charge in [0.2, 0.25) is 11.8 Å². The zero-order chi connectivity index (χ0) is 41.0. The number of pyridine rings is 1. The van der Waals surface area contributed by atoms with Crippen LogP contribution in [0.25, 0.3) is 22.2 Å². The number of aromatic nitrogens is 3. The van der Waals surface area contributed by atoms with E-state index in [9.17, 15) is 14.4 Å². The zero-order valence-corrected chi connectivity index (χ0v) is 35.1. The van der Waals surface area contributed by atoms with Gasteiger partial charge < -0.3 is 30.3 Å².